The van der Waals surface area contributed by atoms with Crippen molar-refractivity contribution in [2.75, 3.05) is 36.8 Å². The number of carboxylic acids is 1. The van der Waals surface area contributed by atoms with Crippen LogP contribution in [0.2, 0.25) is 0 Å². The van der Waals surface area contributed by atoms with Crippen LogP contribution in [-0.2, 0) is 41.9 Å². The monoisotopic (exact) mass is 1250 g/mol. The summed E-state index contributed by atoms with van der Waals surface area (Å²) in [6.45, 7) is 7.92. The Morgan fingerprint density at radius 3 is 1.40 bits per heavy atom. The molecular weight excluding hydrogens is 1170 g/mol. The molecule has 24 heteroatoms. The predicted molar refractivity (Wildman–Crippen MR) is 329 cm³/mol. The molecule has 472 valence electrons. The number of halogens is 1. The second-order valence-corrected chi connectivity index (χ2v) is 25.7. The maximum absolute atomic E-state index is 13.5. The molecule has 23 nitrogen and oxygen atoms in total. The number of fused-ring (bicyclic) bond motifs is 2. The lowest BCUT2D eigenvalue weighted by Crippen LogP contribution is -2.54. The van der Waals surface area contributed by atoms with Crippen molar-refractivity contribution in [3.8, 4) is 23.7 Å². The molecule has 4 aromatic rings. The van der Waals surface area contributed by atoms with Crippen LogP contribution in [0, 0.1) is 46.3 Å². The minimum absolute atomic E-state index is 0. The Balaban J connectivity index is 0.000000165. The van der Waals surface area contributed by atoms with E-state index in [0.29, 0.717) is 55.4 Å². The quantitative estimate of drug-likeness (QED) is 0.0672. The molecular formula is C66H75ClN12O11. The van der Waals surface area contributed by atoms with Gasteiger partial charge in [0.2, 0.25) is 29.5 Å². The van der Waals surface area contributed by atoms with Crippen molar-refractivity contribution in [1.29, 1.82) is 0 Å². The predicted octanol–water partition coefficient (Wildman–Crippen LogP) is 6.28. The topological polar surface area (TPSA) is 296 Å². The Morgan fingerprint density at radius 1 is 0.589 bits per heavy atom. The van der Waals surface area contributed by atoms with E-state index in [0.717, 1.165) is 135 Å². The van der Waals surface area contributed by atoms with Gasteiger partial charge in [0.05, 0.1) is 52.1 Å². The number of carboxylic acid groups (broad SMARTS) is 1. The Labute approximate surface area is 527 Å². The van der Waals surface area contributed by atoms with Gasteiger partial charge in [-0.15, -0.1) is 12.4 Å². The number of carbonyl (C=O) groups is 10. The number of likely N-dealkylation sites (tertiary alicyclic amines) is 1. The van der Waals surface area contributed by atoms with Gasteiger partial charge in [0.15, 0.2) is 0 Å². The molecule has 8 heterocycles. The van der Waals surface area contributed by atoms with Crippen LogP contribution in [0.4, 0.5) is 11.4 Å². The molecule has 0 radical (unpaired) electrons. The summed E-state index contributed by atoms with van der Waals surface area (Å²) in [5.41, 5.74) is 4.93. The Hall–Kier alpha value is -8.67. The second-order valence-electron chi connectivity index (χ2n) is 25.7. The van der Waals surface area contributed by atoms with Gasteiger partial charge >= 0.3 is 5.97 Å². The molecule has 90 heavy (non-hydrogen) atoms. The smallest absolute Gasteiger partial charge is 0.309 e. The largest absolute Gasteiger partial charge is 0.481 e. The molecule has 4 saturated heterocycles. The van der Waals surface area contributed by atoms with Gasteiger partial charge in [-0.05, 0) is 146 Å². The number of aliphatic carboxylic acids is 1. The van der Waals surface area contributed by atoms with Gasteiger partial charge in [-0.3, -0.25) is 77.7 Å². The summed E-state index contributed by atoms with van der Waals surface area (Å²) in [5.74, 6) is 9.79. The van der Waals surface area contributed by atoms with Crippen LogP contribution >= 0.6 is 12.4 Å². The molecule has 0 bridgehead atoms. The third kappa shape index (κ3) is 12.8. The summed E-state index contributed by atoms with van der Waals surface area (Å²) in [6, 6.07) is 8.50. The third-order valence-electron chi connectivity index (χ3n) is 19.3. The van der Waals surface area contributed by atoms with Crippen LogP contribution in [-0.4, -0.2) is 137 Å². The fraction of sp³-hybridized carbons (Fsp3) is 0.515. The van der Waals surface area contributed by atoms with Crippen molar-refractivity contribution in [3.05, 3.63) is 93.6 Å². The first-order chi connectivity index (χ1) is 42.9. The van der Waals surface area contributed by atoms with Gasteiger partial charge < -0.3 is 26.0 Å². The van der Waals surface area contributed by atoms with Gasteiger partial charge in [0, 0.05) is 78.8 Å². The van der Waals surface area contributed by atoms with E-state index in [9.17, 15) is 47.9 Å². The molecule has 10 aliphatic rings. The van der Waals surface area contributed by atoms with Gasteiger partial charge in [-0.25, -0.2) is 0 Å². The lowest BCUT2D eigenvalue weighted by Gasteiger charge is -2.43. The summed E-state index contributed by atoms with van der Waals surface area (Å²) in [5, 5.41) is 32.4. The molecule has 8 fully saturated rings. The zero-order valence-electron chi connectivity index (χ0n) is 50.6. The molecule has 6 N–H and O–H groups in total. The van der Waals surface area contributed by atoms with Crippen molar-refractivity contribution in [2.24, 2.45) is 22.7 Å². The van der Waals surface area contributed by atoms with E-state index in [4.69, 9.17) is 10.2 Å². The molecule has 2 aromatic heterocycles. The van der Waals surface area contributed by atoms with Gasteiger partial charge in [-0.1, -0.05) is 43.7 Å². The zero-order chi connectivity index (χ0) is 62.3. The number of piperidine rings is 4. The summed E-state index contributed by atoms with van der Waals surface area (Å²) in [7, 11) is 0. The Kier molecular flexibility index (Phi) is 18.2. The number of anilines is 2. The summed E-state index contributed by atoms with van der Waals surface area (Å²) >= 11 is 0. The number of imide groups is 4. The third-order valence-corrected chi connectivity index (χ3v) is 19.3. The van der Waals surface area contributed by atoms with Crippen molar-refractivity contribution in [2.45, 2.75) is 167 Å². The van der Waals surface area contributed by atoms with Crippen molar-refractivity contribution in [3.63, 3.8) is 0 Å². The number of carbonyl (C=O) groups excluding carboxylic acids is 9. The van der Waals surface area contributed by atoms with E-state index in [2.05, 4.69) is 62.3 Å². The molecule has 4 saturated carbocycles. The molecule has 9 amide bonds. The first-order valence-electron chi connectivity index (χ1n) is 31.5. The van der Waals surface area contributed by atoms with E-state index in [1.807, 2.05) is 26.7 Å². The van der Waals surface area contributed by atoms with E-state index >= 15 is 0 Å². The SMILES string of the molecule is CC1(C(=O)N2CCC(n3ncc(CNc4cccc5c4C(=O)N(C4CCC(=O)NC4=O)C5=O)c3C#CC3CC3)CC2)CCC1.CC1(C(=O)O)CCC1.Cl.O=C1CCC(N2C(=O)c3cccc(NCc4cnn(C5CCNCC5)c4C#CC4CC4)c3C2=O)C(=O)N1. The van der Waals surface area contributed by atoms with Crippen LogP contribution in [0.3, 0.4) is 0 Å². The number of amides is 9. The lowest BCUT2D eigenvalue weighted by molar-refractivity contribution is -0.153. The van der Waals surface area contributed by atoms with Gasteiger partial charge in [0.1, 0.15) is 23.5 Å². The van der Waals surface area contributed by atoms with Crippen molar-refractivity contribution in [1.82, 2.24) is 50.2 Å². The van der Waals surface area contributed by atoms with Crippen LogP contribution in [0.15, 0.2) is 48.8 Å². The van der Waals surface area contributed by atoms with E-state index in [1.165, 1.54) is 0 Å². The highest BCUT2D eigenvalue weighted by atomic mass is 35.5. The first kappa shape index (κ1) is 62.9. The average Bonchev–Trinajstić information content (AvgIpc) is 1.66. The fourth-order valence-electron chi connectivity index (χ4n) is 13.0. The maximum atomic E-state index is 13.5. The number of benzene rings is 2. The van der Waals surface area contributed by atoms with Crippen LogP contribution in [0.1, 0.15) is 205 Å². The standard InChI is InChI=1S/C33H36N6O5.C27H28N6O4.C6H10O2.ClH/c1-33(14-3-15-33)32(44)37-16-12-22(13-17-37)39-25(9-8-20-6-7-20)21(19-35-39)18-34-24-5-2-4-23-28(24)31(43)38(30(23)42)26-10-11-27(40)36-29(26)41;34-23-9-8-22(25(35)31-23)32-26(36)19-2-1-3-20(24(19)27(32)37)29-14-17-15-30-33(18-10-12-28-13-11-18)21(17)7-6-16-4-5-16;1-6(5(7)8)3-2-4-6;/h2,4-5,19-20,22,26,34H,3,6-7,10-18H2,1H3,(H,36,40,41);1-3,15-16,18,22,28-29H,4-5,8-14H2,(H,31,34,35);2-4H2,1H3,(H,7,8);1H. The number of aromatic nitrogens is 4. The van der Waals surface area contributed by atoms with Crippen molar-refractivity contribution >= 4 is 82.9 Å². The number of nitrogens with one attached hydrogen (secondary N) is 5. The summed E-state index contributed by atoms with van der Waals surface area (Å²) < 4.78 is 4.05. The van der Waals surface area contributed by atoms with Crippen LogP contribution < -0.4 is 26.6 Å². The maximum Gasteiger partial charge on any atom is 0.309 e. The highest BCUT2D eigenvalue weighted by Gasteiger charge is 2.48. The Bertz CT molecular complexity index is 3730. The summed E-state index contributed by atoms with van der Waals surface area (Å²) in [4.78, 5) is 129. The van der Waals surface area contributed by atoms with E-state index in [1.54, 1.807) is 43.3 Å². The van der Waals surface area contributed by atoms with Gasteiger partial charge in [-0.2, -0.15) is 10.2 Å². The first-order valence-corrected chi connectivity index (χ1v) is 31.5. The molecule has 0 spiro atoms. The number of hydrogen-bond acceptors (Lipinski definition) is 15. The average molecular weight is 1250 g/mol. The molecule has 6 aliphatic heterocycles. The molecule has 2 aromatic carbocycles. The number of nitrogens with zero attached hydrogens (tertiary/aromatic N) is 7. The van der Waals surface area contributed by atoms with Crippen LogP contribution in [0.25, 0.3) is 0 Å². The number of rotatable bonds is 12. The molecule has 2 unspecified atom stereocenters. The highest BCUT2D eigenvalue weighted by Crippen LogP contribution is 2.44. The van der Waals surface area contributed by atoms with Gasteiger partial charge in [0.25, 0.3) is 23.6 Å². The highest BCUT2D eigenvalue weighted by molar-refractivity contribution is 6.26. The summed E-state index contributed by atoms with van der Waals surface area (Å²) in [6.07, 6.45) is 18.0. The Morgan fingerprint density at radius 2 is 1.02 bits per heavy atom. The normalized spacial score (nSPS) is 22.4. The number of hydrogen-bond donors (Lipinski definition) is 6. The minimum atomic E-state index is -1.02. The zero-order valence-corrected chi connectivity index (χ0v) is 51.4. The van der Waals surface area contributed by atoms with Crippen molar-refractivity contribution < 1.29 is 53.1 Å². The lowest BCUT2D eigenvalue weighted by atomic mass is 9.69. The fourth-order valence-corrected chi connectivity index (χ4v) is 13.0. The molecule has 4 aliphatic carbocycles. The van der Waals surface area contributed by atoms with Crippen LogP contribution in [0.5, 0.6) is 0 Å². The molecule has 14 rings (SSSR count). The minimum Gasteiger partial charge on any atom is -0.481 e. The molecule has 2 atom stereocenters. The van der Waals surface area contributed by atoms with E-state index in [-0.39, 0.29) is 83.1 Å². The second kappa shape index (κ2) is 26.0. The van der Waals surface area contributed by atoms with E-state index < -0.39 is 65.3 Å².